The highest BCUT2D eigenvalue weighted by atomic mass is 35.5. The third-order valence-corrected chi connectivity index (χ3v) is 4.53. The number of rotatable bonds is 4. The summed E-state index contributed by atoms with van der Waals surface area (Å²) in [6.45, 7) is 4.64. The Morgan fingerprint density at radius 3 is 2.86 bits per heavy atom. The van der Waals surface area contributed by atoms with Crippen molar-refractivity contribution in [2.45, 2.75) is 32.4 Å². The topological polar surface area (TPSA) is 68.2 Å². The van der Waals surface area contributed by atoms with Crippen LogP contribution >= 0.6 is 11.6 Å². The molecule has 0 aliphatic carbocycles. The minimum Gasteiger partial charge on any atom is -0.338 e. The van der Waals surface area contributed by atoms with Gasteiger partial charge in [-0.15, -0.1) is 0 Å². The maximum absolute atomic E-state index is 5.90. The highest BCUT2D eigenvalue weighted by Gasteiger charge is 2.26. The van der Waals surface area contributed by atoms with Gasteiger partial charge in [0, 0.05) is 23.2 Å². The summed E-state index contributed by atoms with van der Waals surface area (Å²) in [4.78, 5) is 6.84. The molecule has 0 saturated carbocycles. The average Bonchev–Trinajstić information content (AvgIpc) is 2.98. The van der Waals surface area contributed by atoms with E-state index >= 15 is 0 Å². The van der Waals surface area contributed by atoms with Crippen LogP contribution < -0.4 is 5.73 Å². The van der Waals surface area contributed by atoms with Gasteiger partial charge in [-0.25, -0.2) is 0 Å². The Hall–Kier alpha value is -1.43. The van der Waals surface area contributed by atoms with Crippen molar-refractivity contribution in [1.82, 2.24) is 15.0 Å². The number of nitrogens with two attached hydrogens (primary N) is 1. The van der Waals surface area contributed by atoms with E-state index in [1.165, 1.54) is 6.42 Å². The van der Waals surface area contributed by atoms with Gasteiger partial charge in [-0.1, -0.05) is 23.7 Å². The Labute approximate surface area is 135 Å². The summed E-state index contributed by atoms with van der Waals surface area (Å²) in [5.74, 6) is 1.97. The fraction of sp³-hybridized carbons (Fsp3) is 0.500. The van der Waals surface area contributed by atoms with E-state index in [2.05, 4.69) is 22.0 Å². The van der Waals surface area contributed by atoms with Crippen molar-refractivity contribution in [3.63, 3.8) is 0 Å². The second-order valence-electron chi connectivity index (χ2n) is 6.01. The molecular formula is C16H21ClN4O. The lowest BCUT2D eigenvalue weighted by Gasteiger charge is -2.36. The molecule has 3 rings (SSSR count). The summed E-state index contributed by atoms with van der Waals surface area (Å²) in [5, 5.41) is 4.76. The van der Waals surface area contributed by atoms with E-state index < -0.39 is 0 Å². The first kappa shape index (κ1) is 15.5. The SMILES string of the molecule is CC1CCN(Cc2nc(-c3ccc(Cl)cc3)no2)C(CN)C1. The number of benzene rings is 1. The molecule has 1 aliphatic heterocycles. The number of aromatic nitrogens is 2. The van der Waals surface area contributed by atoms with Crippen molar-refractivity contribution in [3.05, 3.63) is 35.2 Å². The van der Waals surface area contributed by atoms with Crippen LogP contribution in [0.1, 0.15) is 25.7 Å². The zero-order valence-electron chi connectivity index (χ0n) is 12.7. The molecule has 1 fully saturated rings. The Balaban J connectivity index is 1.70. The van der Waals surface area contributed by atoms with Crippen LogP contribution in [0.2, 0.25) is 5.02 Å². The number of hydrogen-bond donors (Lipinski definition) is 1. The molecular weight excluding hydrogens is 300 g/mol. The van der Waals surface area contributed by atoms with Crippen molar-refractivity contribution in [2.75, 3.05) is 13.1 Å². The van der Waals surface area contributed by atoms with Crippen molar-refractivity contribution in [1.29, 1.82) is 0 Å². The zero-order valence-corrected chi connectivity index (χ0v) is 13.5. The molecule has 2 aromatic rings. The first-order valence-electron chi connectivity index (χ1n) is 7.68. The Bertz CT molecular complexity index is 613. The molecule has 118 valence electrons. The van der Waals surface area contributed by atoms with Gasteiger partial charge in [-0.3, -0.25) is 4.90 Å². The van der Waals surface area contributed by atoms with E-state index in [9.17, 15) is 0 Å². The maximum atomic E-state index is 5.90. The van der Waals surface area contributed by atoms with E-state index in [-0.39, 0.29) is 0 Å². The lowest BCUT2D eigenvalue weighted by Crippen LogP contribution is -2.45. The van der Waals surface area contributed by atoms with Gasteiger partial charge in [0.25, 0.3) is 0 Å². The molecule has 2 heterocycles. The first-order chi connectivity index (χ1) is 10.7. The standard InChI is InChI=1S/C16H21ClN4O/c1-11-6-7-21(14(8-11)9-18)10-15-19-16(20-22-15)12-2-4-13(17)5-3-12/h2-5,11,14H,6-10,18H2,1H3. The zero-order chi connectivity index (χ0) is 15.5. The highest BCUT2D eigenvalue weighted by molar-refractivity contribution is 6.30. The number of likely N-dealkylation sites (tertiary alicyclic amines) is 1. The molecule has 2 atom stereocenters. The highest BCUT2D eigenvalue weighted by Crippen LogP contribution is 2.24. The van der Waals surface area contributed by atoms with Crippen molar-refractivity contribution in [3.8, 4) is 11.4 Å². The van der Waals surface area contributed by atoms with Crippen LogP contribution in [-0.2, 0) is 6.54 Å². The van der Waals surface area contributed by atoms with Crippen LogP contribution in [0.3, 0.4) is 0 Å². The molecule has 1 aliphatic rings. The summed E-state index contributed by atoms with van der Waals surface area (Å²) in [6.07, 6.45) is 2.32. The molecule has 0 amide bonds. The normalized spacial score (nSPS) is 22.9. The molecule has 1 aromatic carbocycles. The minimum atomic E-state index is 0.398. The van der Waals surface area contributed by atoms with Crippen LogP contribution in [0, 0.1) is 5.92 Å². The van der Waals surface area contributed by atoms with E-state index in [1.807, 2.05) is 24.3 Å². The van der Waals surface area contributed by atoms with Crippen LogP contribution in [0.4, 0.5) is 0 Å². The lowest BCUT2D eigenvalue weighted by molar-refractivity contribution is 0.102. The van der Waals surface area contributed by atoms with Crippen LogP contribution in [0.25, 0.3) is 11.4 Å². The fourth-order valence-electron chi connectivity index (χ4n) is 2.96. The summed E-state index contributed by atoms with van der Waals surface area (Å²) in [7, 11) is 0. The van der Waals surface area contributed by atoms with Crippen LogP contribution in [0.15, 0.2) is 28.8 Å². The Morgan fingerprint density at radius 2 is 2.14 bits per heavy atom. The van der Waals surface area contributed by atoms with Gasteiger partial charge in [-0.2, -0.15) is 4.98 Å². The molecule has 2 unspecified atom stereocenters. The number of nitrogens with zero attached hydrogens (tertiary/aromatic N) is 3. The monoisotopic (exact) mass is 320 g/mol. The van der Waals surface area contributed by atoms with Crippen LogP contribution in [-0.4, -0.2) is 34.2 Å². The first-order valence-corrected chi connectivity index (χ1v) is 8.06. The number of hydrogen-bond acceptors (Lipinski definition) is 5. The predicted molar refractivity (Wildman–Crippen MR) is 86.4 cm³/mol. The third-order valence-electron chi connectivity index (χ3n) is 4.28. The molecule has 22 heavy (non-hydrogen) atoms. The van der Waals surface area contributed by atoms with E-state index in [0.29, 0.717) is 35.9 Å². The minimum absolute atomic E-state index is 0.398. The molecule has 0 radical (unpaired) electrons. The van der Waals surface area contributed by atoms with Gasteiger partial charge in [-0.05, 0) is 49.6 Å². The molecule has 0 bridgehead atoms. The van der Waals surface area contributed by atoms with E-state index in [1.54, 1.807) is 0 Å². The second kappa shape index (κ2) is 6.77. The van der Waals surface area contributed by atoms with Crippen molar-refractivity contribution >= 4 is 11.6 Å². The second-order valence-corrected chi connectivity index (χ2v) is 6.44. The summed E-state index contributed by atoms with van der Waals surface area (Å²) < 4.78 is 5.40. The van der Waals surface area contributed by atoms with Gasteiger partial charge < -0.3 is 10.3 Å². The Kier molecular flexibility index (Phi) is 4.76. The molecule has 2 N–H and O–H groups in total. The summed E-state index contributed by atoms with van der Waals surface area (Å²) in [5.41, 5.74) is 6.80. The van der Waals surface area contributed by atoms with Gasteiger partial charge in [0.15, 0.2) is 0 Å². The number of piperidine rings is 1. The van der Waals surface area contributed by atoms with Gasteiger partial charge >= 0.3 is 0 Å². The van der Waals surface area contributed by atoms with Gasteiger partial charge in [0.2, 0.25) is 11.7 Å². The van der Waals surface area contributed by atoms with E-state index in [0.717, 1.165) is 24.4 Å². The molecule has 1 aromatic heterocycles. The smallest absolute Gasteiger partial charge is 0.241 e. The fourth-order valence-corrected chi connectivity index (χ4v) is 3.09. The van der Waals surface area contributed by atoms with E-state index in [4.69, 9.17) is 21.9 Å². The molecule has 5 nitrogen and oxygen atoms in total. The van der Waals surface area contributed by atoms with Gasteiger partial charge in [0.1, 0.15) is 0 Å². The third kappa shape index (κ3) is 3.48. The summed E-state index contributed by atoms with van der Waals surface area (Å²) in [6, 6.07) is 7.83. The molecule has 6 heteroatoms. The summed E-state index contributed by atoms with van der Waals surface area (Å²) >= 11 is 5.89. The average molecular weight is 321 g/mol. The predicted octanol–water partition coefficient (Wildman–Crippen LogP) is 2.95. The maximum Gasteiger partial charge on any atom is 0.241 e. The molecule has 0 spiro atoms. The van der Waals surface area contributed by atoms with Gasteiger partial charge in [0.05, 0.1) is 6.54 Å². The van der Waals surface area contributed by atoms with Crippen LogP contribution in [0.5, 0.6) is 0 Å². The largest absolute Gasteiger partial charge is 0.338 e. The lowest BCUT2D eigenvalue weighted by atomic mass is 9.92. The van der Waals surface area contributed by atoms with Crippen molar-refractivity contribution in [2.24, 2.45) is 11.7 Å². The Morgan fingerprint density at radius 1 is 1.36 bits per heavy atom. The quantitative estimate of drug-likeness (QED) is 0.938. The molecule has 1 saturated heterocycles. The number of halogens is 1. The van der Waals surface area contributed by atoms with Crippen molar-refractivity contribution < 1.29 is 4.52 Å².